The second-order valence-electron chi connectivity index (χ2n) is 6.79. The molecular weight excluding hydrogens is 458 g/mol. The minimum atomic E-state index is -3.47. The molecule has 0 radical (unpaired) electrons. The van der Waals surface area contributed by atoms with E-state index < -0.39 is 34.5 Å². The van der Waals surface area contributed by atoms with Gasteiger partial charge in [0, 0.05) is 17.1 Å². The van der Waals surface area contributed by atoms with E-state index in [0.29, 0.717) is 22.3 Å². The number of hydrogen-bond donors (Lipinski definition) is 1. The number of methoxy groups -OCH3 is 1. The number of amidine groups is 1. The molecule has 2 aromatic carbocycles. The third-order valence-electron chi connectivity index (χ3n) is 4.61. The summed E-state index contributed by atoms with van der Waals surface area (Å²) in [7, 11) is -2.22. The fourth-order valence-corrected chi connectivity index (χ4v) is 5.41. The summed E-state index contributed by atoms with van der Waals surface area (Å²) >= 11 is 1.16. The van der Waals surface area contributed by atoms with E-state index in [4.69, 9.17) is 4.74 Å². The summed E-state index contributed by atoms with van der Waals surface area (Å²) in [5, 5.41) is 2.90. The molecule has 0 bridgehead atoms. The summed E-state index contributed by atoms with van der Waals surface area (Å²) in [6.07, 6.45) is 0. The Hall–Kier alpha value is -3.38. The fraction of sp³-hybridized carbons (Fsp3) is 0.200. The van der Waals surface area contributed by atoms with Crippen LogP contribution in [0.2, 0.25) is 0 Å². The van der Waals surface area contributed by atoms with Gasteiger partial charge in [0.2, 0.25) is 0 Å². The summed E-state index contributed by atoms with van der Waals surface area (Å²) in [6.45, 7) is -0.231. The Kier molecular flexibility index (Phi) is 5.89. The molecule has 2 aliphatic heterocycles. The Morgan fingerprint density at radius 3 is 2.69 bits per heavy atom. The number of fused-ring (bicyclic) bond motifs is 3. The maximum Gasteiger partial charge on any atom is 0.338 e. The Balaban J connectivity index is 1.38. The number of ether oxygens (including phenoxy) is 2. The smallest absolute Gasteiger partial charge is 0.338 e. The Morgan fingerprint density at radius 2 is 1.91 bits per heavy atom. The average molecular weight is 476 g/mol. The van der Waals surface area contributed by atoms with Gasteiger partial charge in [-0.25, -0.2) is 18.0 Å². The molecule has 1 amide bonds. The summed E-state index contributed by atoms with van der Waals surface area (Å²) < 4.78 is 36.9. The highest BCUT2D eigenvalue weighted by atomic mass is 32.2. The molecule has 0 saturated carbocycles. The zero-order chi connectivity index (χ0) is 22.9. The lowest BCUT2D eigenvalue weighted by molar-refractivity contribution is -0.119. The average Bonchev–Trinajstić information content (AvgIpc) is 3.12. The summed E-state index contributed by atoms with van der Waals surface area (Å²) in [5.74, 6) is -1.89. The van der Waals surface area contributed by atoms with Gasteiger partial charge in [-0.05, 0) is 48.2 Å². The lowest BCUT2D eigenvalue weighted by Crippen LogP contribution is -2.35. The molecule has 10 nitrogen and oxygen atoms in total. The van der Waals surface area contributed by atoms with Crippen molar-refractivity contribution in [3.63, 3.8) is 0 Å². The van der Waals surface area contributed by atoms with E-state index in [1.54, 1.807) is 41.3 Å². The Morgan fingerprint density at radius 1 is 1.12 bits per heavy atom. The summed E-state index contributed by atoms with van der Waals surface area (Å²) in [4.78, 5) is 38.6. The number of amides is 1. The third-order valence-corrected chi connectivity index (χ3v) is 6.92. The maximum atomic E-state index is 12.4. The molecule has 12 heteroatoms. The summed E-state index contributed by atoms with van der Waals surface area (Å²) in [5.41, 5.74) is 1.62. The lowest BCUT2D eigenvalue weighted by Gasteiger charge is -2.22. The number of esters is 2. The lowest BCUT2D eigenvalue weighted by atomic mass is 10.2. The largest absolute Gasteiger partial charge is 0.465 e. The monoisotopic (exact) mass is 475 g/mol. The van der Waals surface area contributed by atoms with Crippen molar-refractivity contribution in [2.24, 2.45) is 4.40 Å². The van der Waals surface area contributed by atoms with E-state index in [0.717, 1.165) is 17.4 Å². The maximum absolute atomic E-state index is 12.4. The molecule has 2 aromatic rings. The number of carbonyl (C=O) groups excluding carboxylic acids is 3. The van der Waals surface area contributed by atoms with Crippen LogP contribution in [0.4, 0.5) is 11.4 Å². The zero-order valence-electron chi connectivity index (χ0n) is 16.7. The second kappa shape index (κ2) is 8.63. The van der Waals surface area contributed by atoms with Crippen molar-refractivity contribution in [3.05, 3.63) is 53.6 Å². The molecule has 1 N–H and O–H groups in total. The number of rotatable bonds is 5. The van der Waals surface area contributed by atoms with Crippen LogP contribution in [0.15, 0.2) is 51.8 Å². The van der Waals surface area contributed by atoms with E-state index in [9.17, 15) is 22.8 Å². The molecule has 0 aromatic heterocycles. The second-order valence-corrected chi connectivity index (χ2v) is 9.56. The van der Waals surface area contributed by atoms with E-state index in [1.807, 2.05) is 0 Å². The standard InChI is InChI=1S/C20H17N3O7S2/c1-29-18(25)12-3-2-4-14(9-12)21-17(24)11-30-19(26)13-5-6-15-16(10-13)31-20-22-32(27,28)8-7-23(15)20/h2-6,9-10H,7-8,11H2,1H3,(H,21,24). The number of benzene rings is 2. The Bertz CT molecular complexity index is 1260. The molecule has 0 saturated heterocycles. The molecular formula is C20H17N3O7S2. The molecule has 0 fully saturated rings. The van der Waals surface area contributed by atoms with Crippen molar-refractivity contribution < 1.29 is 32.3 Å². The first kappa shape index (κ1) is 21.8. The minimum Gasteiger partial charge on any atom is -0.465 e. The Labute approximate surface area is 187 Å². The van der Waals surface area contributed by atoms with Crippen molar-refractivity contribution in [2.45, 2.75) is 4.90 Å². The number of anilines is 2. The van der Waals surface area contributed by atoms with Gasteiger partial charge in [-0.2, -0.15) is 0 Å². The number of sulfonamides is 1. The van der Waals surface area contributed by atoms with Gasteiger partial charge in [-0.3, -0.25) is 4.79 Å². The van der Waals surface area contributed by atoms with Crippen LogP contribution in [0.5, 0.6) is 0 Å². The quantitative estimate of drug-likeness (QED) is 0.644. The predicted octanol–water partition coefficient (Wildman–Crippen LogP) is 1.88. The molecule has 0 aliphatic carbocycles. The molecule has 0 atom stereocenters. The molecule has 4 rings (SSSR count). The van der Waals surface area contributed by atoms with Crippen LogP contribution in [0.3, 0.4) is 0 Å². The number of thioether (sulfide) groups is 1. The van der Waals surface area contributed by atoms with Gasteiger partial charge in [0.05, 0.1) is 29.7 Å². The SMILES string of the molecule is COC(=O)c1cccc(NC(=O)COC(=O)c2ccc3c(c2)SC2=NS(=O)(=O)CCN23)c1. The molecule has 32 heavy (non-hydrogen) atoms. The zero-order valence-corrected chi connectivity index (χ0v) is 18.4. The first-order chi connectivity index (χ1) is 15.3. The fourth-order valence-electron chi connectivity index (χ4n) is 3.11. The first-order valence-electron chi connectivity index (χ1n) is 9.33. The van der Waals surface area contributed by atoms with Crippen molar-refractivity contribution in [3.8, 4) is 0 Å². The molecule has 2 aliphatic rings. The predicted molar refractivity (Wildman–Crippen MR) is 118 cm³/mol. The number of nitrogens with zero attached hydrogens (tertiary/aromatic N) is 2. The molecule has 0 spiro atoms. The normalized spacial score (nSPS) is 15.8. The van der Waals surface area contributed by atoms with E-state index in [2.05, 4.69) is 14.5 Å². The molecule has 166 valence electrons. The van der Waals surface area contributed by atoms with Gasteiger partial charge in [0.15, 0.2) is 11.8 Å². The number of carbonyl (C=O) groups is 3. The van der Waals surface area contributed by atoms with E-state index in [-0.39, 0.29) is 16.9 Å². The van der Waals surface area contributed by atoms with Crippen molar-refractivity contribution in [1.82, 2.24) is 0 Å². The van der Waals surface area contributed by atoms with Gasteiger partial charge >= 0.3 is 11.9 Å². The van der Waals surface area contributed by atoms with Crippen molar-refractivity contribution in [1.29, 1.82) is 0 Å². The van der Waals surface area contributed by atoms with Crippen LogP contribution >= 0.6 is 11.8 Å². The minimum absolute atomic E-state index is 0.0715. The molecule has 0 unspecified atom stereocenters. The van der Waals surface area contributed by atoms with Crippen LogP contribution < -0.4 is 10.2 Å². The van der Waals surface area contributed by atoms with Gasteiger partial charge in [-0.15, -0.1) is 4.40 Å². The van der Waals surface area contributed by atoms with E-state index >= 15 is 0 Å². The topological polar surface area (TPSA) is 131 Å². The van der Waals surface area contributed by atoms with Gasteiger partial charge in [0.25, 0.3) is 15.9 Å². The van der Waals surface area contributed by atoms with Crippen LogP contribution in [0, 0.1) is 0 Å². The number of hydrogen-bond acceptors (Lipinski definition) is 9. The third kappa shape index (κ3) is 4.60. The van der Waals surface area contributed by atoms with Crippen LogP contribution in [-0.4, -0.2) is 57.4 Å². The first-order valence-corrected chi connectivity index (χ1v) is 11.8. The van der Waals surface area contributed by atoms with E-state index in [1.165, 1.54) is 13.2 Å². The van der Waals surface area contributed by atoms with Gasteiger partial charge < -0.3 is 19.7 Å². The highest BCUT2D eigenvalue weighted by molar-refractivity contribution is 8.15. The molecule has 2 heterocycles. The van der Waals surface area contributed by atoms with Crippen LogP contribution in [-0.2, 0) is 24.3 Å². The highest BCUT2D eigenvalue weighted by Crippen LogP contribution is 2.42. The highest BCUT2D eigenvalue weighted by Gasteiger charge is 2.33. The van der Waals surface area contributed by atoms with Gasteiger partial charge in [0.1, 0.15) is 0 Å². The van der Waals surface area contributed by atoms with Crippen molar-refractivity contribution >= 4 is 56.2 Å². The summed E-state index contributed by atoms with van der Waals surface area (Å²) in [6, 6.07) is 11.0. The van der Waals surface area contributed by atoms with Gasteiger partial charge in [-0.1, -0.05) is 6.07 Å². The number of nitrogens with one attached hydrogen (secondary N) is 1. The van der Waals surface area contributed by atoms with Crippen molar-refractivity contribution in [2.75, 3.05) is 36.2 Å². The van der Waals surface area contributed by atoms with Crippen LogP contribution in [0.1, 0.15) is 20.7 Å². The van der Waals surface area contributed by atoms with Crippen LogP contribution in [0.25, 0.3) is 0 Å².